The molecular weight excluding hydrogens is 643 g/mol. The van der Waals surface area contributed by atoms with E-state index in [1.165, 1.54) is 58.7 Å². The fourth-order valence-electron chi connectivity index (χ4n) is 4.71. The first-order chi connectivity index (χ1) is 22.3. The van der Waals surface area contributed by atoms with E-state index in [-0.39, 0.29) is 27.9 Å². The van der Waals surface area contributed by atoms with Crippen molar-refractivity contribution in [2.45, 2.75) is 45.5 Å². The highest BCUT2D eigenvalue weighted by Crippen LogP contribution is 2.29. The Morgan fingerprint density at radius 3 is 2.32 bits per heavy atom. The normalized spacial score (nSPS) is 13.4. The van der Waals surface area contributed by atoms with E-state index >= 15 is 4.39 Å². The summed E-state index contributed by atoms with van der Waals surface area (Å²) in [4.78, 5) is 21.2. The number of carbonyl (C=O) groups is 1. The number of amides is 2. The molecule has 0 bridgehead atoms. The van der Waals surface area contributed by atoms with Gasteiger partial charge >= 0.3 is 12.4 Å². The second-order valence-electron chi connectivity index (χ2n) is 10.6. The quantitative estimate of drug-likeness (QED) is 0.128. The lowest BCUT2D eigenvalue weighted by Crippen LogP contribution is -2.34. The zero-order chi connectivity index (χ0) is 33.9. The molecule has 0 spiro atoms. The predicted octanol–water partition coefficient (Wildman–Crippen LogP) is 7.74. The third-order valence-corrected chi connectivity index (χ3v) is 7.95. The van der Waals surface area contributed by atoms with Crippen LogP contribution in [0.2, 0.25) is 0 Å². The number of urea groups is 1. The smallest absolute Gasteiger partial charge is 0.497 e. The Labute approximate surface area is 270 Å². The van der Waals surface area contributed by atoms with Crippen molar-refractivity contribution >= 4 is 17.4 Å². The SMILES string of the molecule is COc1ccc(C(C)C)c(-n2c(C)csc2=NC(=O)NC(F)C(F)c2ccc(-c3ncn(-c4ccc(OC(F)(F)F)cc4)n3)cc2)c1. The number of aryl methyl sites for hydroxylation is 1. The van der Waals surface area contributed by atoms with E-state index in [4.69, 9.17) is 4.74 Å². The van der Waals surface area contributed by atoms with Gasteiger partial charge in [-0.15, -0.1) is 29.6 Å². The molecule has 2 aromatic heterocycles. The Balaban J connectivity index is 1.27. The van der Waals surface area contributed by atoms with Crippen molar-refractivity contribution in [3.05, 3.63) is 100 Å². The summed E-state index contributed by atoms with van der Waals surface area (Å²) >= 11 is 1.19. The third-order valence-electron chi connectivity index (χ3n) is 7.01. The number of thiazole rings is 1. The molecule has 0 radical (unpaired) electrons. The van der Waals surface area contributed by atoms with E-state index < -0.39 is 24.9 Å². The van der Waals surface area contributed by atoms with Gasteiger partial charge in [-0.2, -0.15) is 4.99 Å². The van der Waals surface area contributed by atoms with Gasteiger partial charge in [-0.05, 0) is 54.3 Å². The average molecular weight is 673 g/mol. The topological polar surface area (TPSA) is 95.6 Å². The van der Waals surface area contributed by atoms with Crippen LogP contribution in [0.15, 0.2) is 83.4 Å². The van der Waals surface area contributed by atoms with Crippen molar-refractivity contribution in [3.8, 4) is 34.3 Å². The summed E-state index contributed by atoms with van der Waals surface area (Å²) in [5.41, 5.74) is 3.40. The van der Waals surface area contributed by atoms with Crippen LogP contribution in [0.5, 0.6) is 11.5 Å². The minimum absolute atomic E-state index is 0.0405. The number of carbonyl (C=O) groups excluding carboxylic acids is 1. The van der Waals surface area contributed by atoms with Crippen molar-refractivity contribution in [1.29, 1.82) is 0 Å². The number of nitrogens with zero attached hydrogens (tertiary/aromatic N) is 5. The molecule has 2 heterocycles. The Hall–Kier alpha value is -5.05. The maximum absolute atomic E-state index is 15.1. The van der Waals surface area contributed by atoms with Crippen LogP contribution in [-0.2, 0) is 0 Å². The molecule has 3 aromatic carbocycles. The summed E-state index contributed by atoms with van der Waals surface area (Å²) in [5.74, 6) is 0.618. The highest BCUT2D eigenvalue weighted by molar-refractivity contribution is 7.07. The van der Waals surface area contributed by atoms with E-state index in [0.29, 0.717) is 17.0 Å². The first-order valence-corrected chi connectivity index (χ1v) is 15.1. The van der Waals surface area contributed by atoms with Crippen molar-refractivity contribution in [1.82, 2.24) is 24.6 Å². The summed E-state index contributed by atoms with van der Waals surface area (Å²) in [6.45, 7) is 5.92. The maximum Gasteiger partial charge on any atom is 0.573 e. The number of rotatable bonds is 9. The molecule has 0 aliphatic rings. The van der Waals surface area contributed by atoms with Gasteiger partial charge in [0.25, 0.3) is 0 Å². The predicted molar refractivity (Wildman–Crippen MR) is 165 cm³/mol. The first-order valence-electron chi connectivity index (χ1n) is 14.2. The average Bonchev–Trinajstić information content (AvgIpc) is 3.67. The number of ether oxygens (including phenoxy) is 2. The lowest BCUT2D eigenvalue weighted by atomic mass is 10.0. The molecular formula is C32H29F5N6O3S. The zero-order valence-electron chi connectivity index (χ0n) is 25.5. The number of hydrogen-bond acceptors (Lipinski definition) is 6. The van der Waals surface area contributed by atoms with Crippen LogP contribution >= 0.6 is 11.3 Å². The number of nitrogens with one attached hydrogen (secondary N) is 1. The highest BCUT2D eigenvalue weighted by Gasteiger charge is 2.31. The van der Waals surface area contributed by atoms with Gasteiger partial charge in [-0.1, -0.05) is 44.2 Å². The Morgan fingerprint density at radius 2 is 1.68 bits per heavy atom. The van der Waals surface area contributed by atoms with Gasteiger partial charge < -0.3 is 14.8 Å². The van der Waals surface area contributed by atoms with Gasteiger partial charge in [-0.3, -0.25) is 4.57 Å². The molecule has 0 saturated heterocycles. The molecule has 0 fully saturated rings. The van der Waals surface area contributed by atoms with Gasteiger partial charge in [0.15, 0.2) is 16.8 Å². The first kappa shape index (κ1) is 33.3. The summed E-state index contributed by atoms with van der Waals surface area (Å²) < 4.78 is 79.7. The molecule has 2 unspecified atom stereocenters. The molecule has 0 saturated carbocycles. The van der Waals surface area contributed by atoms with E-state index in [0.717, 1.165) is 29.1 Å². The molecule has 9 nitrogen and oxygen atoms in total. The fourth-order valence-corrected chi connectivity index (χ4v) is 5.58. The molecule has 5 aromatic rings. The zero-order valence-corrected chi connectivity index (χ0v) is 26.3. The van der Waals surface area contributed by atoms with Crippen LogP contribution < -0.4 is 19.6 Å². The second kappa shape index (κ2) is 13.7. The monoisotopic (exact) mass is 672 g/mol. The largest absolute Gasteiger partial charge is 0.573 e. The molecule has 15 heteroatoms. The van der Waals surface area contributed by atoms with Gasteiger partial charge in [0.1, 0.15) is 17.8 Å². The van der Waals surface area contributed by atoms with Crippen LogP contribution in [0, 0.1) is 6.92 Å². The molecule has 2 amide bonds. The standard InChI is InChI=1S/C32H29F5N6O3S/c1-18(2)25-14-13-24(45-4)15-26(25)43-19(3)16-47-31(43)40-30(44)39-28(34)27(33)20-5-7-21(8-6-20)29-38-17-42(41-29)22-9-11-23(12-10-22)46-32(35,36)37/h5-18,27-28H,1-4H3,(H,39,44). The maximum atomic E-state index is 15.1. The number of alkyl halides is 5. The van der Waals surface area contributed by atoms with Crippen LogP contribution in [0.25, 0.3) is 22.8 Å². The Morgan fingerprint density at radius 1 is 1.00 bits per heavy atom. The van der Waals surface area contributed by atoms with E-state index in [9.17, 15) is 22.4 Å². The number of methoxy groups -OCH3 is 1. The van der Waals surface area contributed by atoms with E-state index in [2.05, 4.69) is 19.8 Å². The van der Waals surface area contributed by atoms with Crippen LogP contribution in [0.1, 0.15) is 42.8 Å². The number of hydrogen-bond donors (Lipinski definition) is 1. The molecule has 0 aliphatic heterocycles. The number of benzene rings is 3. The third kappa shape index (κ3) is 7.85. The summed E-state index contributed by atoms with van der Waals surface area (Å²) in [7, 11) is 1.55. The number of halogens is 5. The molecule has 1 N–H and O–H groups in total. The van der Waals surface area contributed by atoms with Gasteiger partial charge in [0.2, 0.25) is 6.30 Å². The van der Waals surface area contributed by atoms with Crippen molar-refractivity contribution in [3.63, 3.8) is 0 Å². The van der Waals surface area contributed by atoms with Crippen LogP contribution in [0.3, 0.4) is 0 Å². The minimum Gasteiger partial charge on any atom is -0.497 e. The van der Waals surface area contributed by atoms with E-state index in [1.807, 2.05) is 49.7 Å². The van der Waals surface area contributed by atoms with Crippen molar-refractivity contribution < 1.29 is 36.2 Å². The Bertz CT molecular complexity index is 1920. The molecule has 5 rings (SSSR count). The molecule has 246 valence electrons. The Kier molecular flexibility index (Phi) is 9.75. The van der Waals surface area contributed by atoms with Gasteiger partial charge in [-0.25, -0.2) is 23.2 Å². The van der Waals surface area contributed by atoms with Gasteiger partial charge in [0, 0.05) is 22.7 Å². The van der Waals surface area contributed by atoms with Crippen molar-refractivity contribution in [2.75, 3.05) is 7.11 Å². The minimum atomic E-state index is -4.81. The van der Waals surface area contributed by atoms with Crippen LogP contribution in [0.4, 0.5) is 26.7 Å². The summed E-state index contributed by atoms with van der Waals surface area (Å²) in [5, 5.41) is 8.09. The number of aromatic nitrogens is 4. The van der Waals surface area contributed by atoms with Crippen LogP contribution in [-0.4, -0.2) is 45.1 Å². The second-order valence-corrected chi connectivity index (χ2v) is 11.5. The molecule has 0 aliphatic carbocycles. The van der Waals surface area contributed by atoms with E-state index in [1.54, 1.807) is 11.7 Å². The highest BCUT2D eigenvalue weighted by atomic mass is 32.1. The molecule has 47 heavy (non-hydrogen) atoms. The van der Waals surface area contributed by atoms with Crippen molar-refractivity contribution in [2.24, 2.45) is 4.99 Å². The van der Waals surface area contributed by atoms with Gasteiger partial charge in [0.05, 0.1) is 18.5 Å². The molecule has 2 atom stereocenters. The summed E-state index contributed by atoms with van der Waals surface area (Å²) in [6.07, 6.45) is -8.04. The lowest BCUT2D eigenvalue weighted by molar-refractivity contribution is -0.274. The fraction of sp³-hybridized carbons (Fsp3) is 0.250. The lowest BCUT2D eigenvalue weighted by Gasteiger charge is -2.17. The summed E-state index contributed by atoms with van der Waals surface area (Å²) in [6, 6.07) is 15.2.